The lowest BCUT2D eigenvalue weighted by atomic mass is 10.0. The van der Waals surface area contributed by atoms with Gasteiger partial charge in [-0.15, -0.1) is 11.3 Å². The Balaban J connectivity index is 1.53. The molecule has 3 aromatic heterocycles. The van der Waals surface area contributed by atoms with Gasteiger partial charge in [0, 0.05) is 37.3 Å². The normalized spacial score (nSPS) is 16.5. The van der Waals surface area contributed by atoms with Crippen LogP contribution in [0.4, 0.5) is 10.6 Å². The molecule has 0 unspecified atom stereocenters. The molecule has 1 saturated heterocycles. The van der Waals surface area contributed by atoms with E-state index in [0.717, 1.165) is 59.6 Å². The molecule has 158 valence electrons. The van der Waals surface area contributed by atoms with Crippen molar-refractivity contribution in [2.45, 2.75) is 46.0 Å². The van der Waals surface area contributed by atoms with Crippen LogP contribution in [-0.2, 0) is 24.0 Å². The number of piperazine rings is 1. The van der Waals surface area contributed by atoms with Crippen molar-refractivity contribution in [3.05, 3.63) is 23.1 Å². The molecule has 5 rings (SSSR count). The van der Waals surface area contributed by atoms with Crippen LogP contribution in [0.2, 0.25) is 0 Å². The molecule has 7 nitrogen and oxygen atoms in total. The van der Waals surface area contributed by atoms with Crippen molar-refractivity contribution in [1.29, 1.82) is 0 Å². The lowest BCUT2D eigenvalue weighted by Gasteiger charge is -2.34. The summed E-state index contributed by atoms with van der Waals surface area (Å²) in [6.45, 7) is 7.23. The van der Waals surface area contributed by atoms with Gasteiger partial charge >= 0.3 is 6.09 Å². The summed E-state index contributed by atoms with van der Waals surface area (Å²) in [4.78, 5) is 31.6. The third kappa shape index (κ3) is 3.17. The Labute approximate surface area is 180 Å². The van der Waals surface area contributed by atoms with Crippen LogP contribution in [0.15, 0.2) is 6.33 Å². The Hall–Kier alpha value is -2.48. The largest absolute Gasteiger partial charge is 0.450 e. The van der Waals surface area contributed by atoms with Crippen molar-refractivity contribution in [2.24, 2.45) is 0 Å². The van der Waals surface area contributed by atoms with E-state index in [1.54, 1.807) is 22.6 Å². The minimum atomic E-state index is -0.227. The Morgan fingerprint density at radius 2 is 1.93 bits per heavy atom. The van der Waals surface area contributed by atoms with Crippen molar-refractivity contribution in [3.63, 3.8) is 0 Å². The maximum Gasteiger partial charge on any atom is 0.409 e. The van der Waals surface area contributed by atoms with Crippen molar-refractivity contribution in [1.82, 2.24) is 19.9 Å². The molecule has 3 aromatic rings. The van der Waals surface area contributed by atoms with Crippen LogP contribution in [0.5, 0.6) is 0 Å². The zero-order chi connectivity index (χ0) is 20.7. The second-order valence-electron chi connectivity index (χ2n) is 7.95. The molecule has 0 bridgehead atoms. The second-order valence-corrected chi connectivity index (χ2v) is 8.95. The number of thiophene rings is 1. The van der Waals surface area contributed by atoms with Gasteiger partial charge < -0.3 is 14.5 Å². The molecule has 1 amide bonds. The van der Waals surface area contributed by atoms with Crippen LogP contribution >= 0.6 is 11.3 Å². The predicted octanol–water partition coefficient (Wildman–Crippen LogP) is 3.96. The average molecular weight is 426 g/mol. The number of carbonyl (C=O) groups is 1. The van der Waals surface area contributed by atoms with Crippen LogP contribution < -0.4 is 4.90 Å². The highest BCUT2D eigenvalue weighted by Crippen LogP contribution is 2.42. The van der Waals surface area contributed by atoms with E-state index < -0.39 is 0 Å². The first-order valence-electron chi connectivity index (χ1n) is 11.0. The molecule has 0 atom stereocenters. The summed E-state index contributed by atoms with van der Waals surface area (Å²) in [5, 5.41) is 1.25. The predicted molar refractivity (Wildman–Crippen MR) is 120 cm³/mol. The first-order chi connectivity index (χ1) is 14.7. The molecule has 8 heteroatoms. The van der Waals surface area contributed by atoms with Crippen molar-refractivity contribution in [2.75, 3.05) is 37.7 Å². The molecule has 30 heavy (non-hydrogen) atoms. The number of fused-ring (bicyclic) bond motifs is 5. The Morgan fingerprint density at radius 1 is 1.13 bits per heavy atom. The van der Waals surface area contributed by atoms with Gasteiger partial charge in [-0.3, -0.25) is 0 Å². The number of anilines is 1. The summed E-state index contributed by atoms with van der Waals surface area (Å²) in [5.41, 5.74) is 5.25. The molecule has 0 radical (unpaired) electrons. The van der Waals surface area contributed by atoms with E-state index in [9.17, 15) is 4.79 Å². The highest BCUT2D eigenvalue weighted by Gasteiger charge is 2.27. The number of ether oxygens (including phenoxy) is 1. The molecule has 0 spiro atoms. The van der Waals surface area contributed by atoms with Gasteiger partial charge in [0.05, 0.1) is 16.8 Å². The van der Waals surface area contributed by atoms with Crippen molar-refractivity contribution in [3.8, 4) is 0 Å². The maximum atomic E-state index is 12.0. The van der Waals surface area contributed by atoms with Crippen LogP contribution in [0.25, 0.3) is 20.4 Å². The summed E-state index contributed by atoms with van der Waals surface area (Å²) in [6, 6.07) is 0. The zero-order valence-corrected chi connectivity index (χ0v) is 18.4. The summed E-state index contributed by atoms with van der Waals surface area (Å²) < 4.78 is 6.26. The Morgan fingerprint density at radius 3 is 2.70 bits per heavy atom. The Bertz CT molecular complexity index is 1100. The Kier molecular flexibility index (Phi) is 5.18. The fraction of sp³-hybridized carbons (Fsp3) is 0.545. The van der Waals surface area contributed by atoms with E-state index >= 15 is 0 Å². The highest BCUT2D eigenvalue weighted by atomic mass is 32.1. The van der Waals surface area contributed by atoms with E-state index in [4.69, 9.17) is 14.7 Å². The van der Waals surface area contributed by atoms with Gasteiger partial charge in [-0.05, 0) is 43.7 Å². The van der Waals surface area contributed by atoms with Gasteiger partial charge in [0.15, 0.2) is 0 Å². The van der Waals surface area contributed by atoms with Crippen LogP contribution in [-0.4, -0.2) is 58.7 Å². The van der Waals surface area contributed by atoms with E-state index in [2.05, 4.69) is 16.8 Å². The van der Waals surface area contributed by atoms with Gasteiger partial charge in [0.25, 0.3) is 0 Å². The SMILES string of the molecule is CCCc1nc2sc3c(N4CCN(C(=O)OCC)CC4)ncnc3c2c2c1CCC2. The standard InChI is InChI=1S/C22H27N5O2S/c1-3-6-16-14-7-5-8-15(14)17-18-19(30-21(17)25-16)20(24-13-23-18)26-9-11-27(12-10-26)22(28)29-4-2/h13H,3-12H2,1-2H3. The fourth-order valence-corrected chi connectivity index (χ4v) is 5.94. The number of hydrogen-bond acceptors (Lipinski definition) is 7. The third-order valence-corrected chi connectivity index (χ3v) is 7.20. The number of carbonyl (C=O) groups excluding carboxylic acids is 1. The van der Waals surface area contributed by atoms with E-state index in [-0.39, 0.29) is 6.09 Å². The van der Waals surface area contributed by atoms with E-state index in [1.807, 2.05) is 6.92 Å². The summed E-state index contributed by atoms with van der Waals surface area (Å²) in [6.07, 6.45) is 7.08. The summed E-state index contributed by atoms with van der Waals surface area (Å²) in [5.74, 6) is 0.968. The van der Waals surface area contributed by atoms with E-state index in [0.29, 0.717) is 19.7 Å². The van der Waals surface area contributed by atoms with Gasteiger partial charge in [0.1, 0.15) is 17.0 Å². The molecular weight excluding hydrogens is 398 g/mol. The first kappa shape index (κ1) is 19.5. The van der Waals surface area contributed by atoms with Crippen molar-refractivity contribution >= 4 is 43.7 Å². The van der Waals surface area contributed by atoms with Crippen molar-refractivity contribution < 1.29 is 9.53 Å². The number of rotatable bonds is 4. The number of hydrogen-bond donors (Lipinski definition) is 0. The zero-order valence-electron chi connectivity index (χ0n) is 17.6. The number of nitrogens with zero attached hydrogens (tertiary/aromatic N) is 5. The monoisotopic (exact) mass is 425 g/mol. The summed E-state index contributed by atoms with van der Waals surface area (Å²) >= 11 is 1.72. The number of aromatic nitrogens is 3. The van der Waals surface area contributed by atoms with Crippen LogP contribution in [0.1, 0.15) is 43.5 Å². The quantitative estimate of drug-likeness (QED) is 0.630. The fourth-order valence-electron chi connectivity index (χ4n) is 4.75. The minimum Gasteiger partial charge on any atom is -0.450 e. The van der Waals surface area contributed by atoms with Crippen LogP contribution in [0.3, 0.4) is 0 Å². The lowest BCUT2D eigenvalue weighted by Crippen LogP contribution is -2.49. The molecule has 1 aliphatic carbocycles. The van der Waals surface area contributed by atoms with E-state index in [1.165, 1.54) is 28.6 Å². The maximum absolute atomic E-state index is 12.0. The van der Waals surface area contributed by atoms with Gasteiger partial charge in [-0.1, -0.05) is 13.3 Å². The molecule has 0 N–H and O–H groups in total. The third-order valence-electron chi connectivity index (χ3n) is 6.13. The molecule has 1 aliphatic heterocycles. The summed E-state index contributed by atoms with van der Waals surface area (Å²) in [7, 11) is 0. The smallest absolute Gasteiger partial charge is 0.409 e. The number of pyridine rings is 1. The number of aryl methyl sites for hydroxylation is 2. The lowest BCUT2D eigenvalue weighted by molar-refractivity contribution is 0.105. The average Bonchev–Trinajstić information content (AvgIpc) is 3.38. The number of amides is 1. The molecule has 4 heterocycles. The topological polar surface area (TPSA) is 71.5 Å². The molecule has 0 saturated carbocycles. The second kappa shape index (κ2) is 7.98. The molecule has 0 aromatic carbocycles. The van der Waals surface area contributed by atoms with Crippen LogP contribution in [0, 0.1) is 0 Å². The molecular formula is C22H27N5O2S. The highest BCUT2D eigenvalue weighted by molar-refractivity contribution is 7.26. The molecule has 1 fully saturated rings. The van der Waals surface area contributed by atoms with Gasteiger partial charge in [-0.25, -0.2) is 19.7 Å². The minimum absolute atomic E-state index is 0.227. The van der Waals surface area contributed by atoms with Gasteiger partial charge in [-0.2, -0.15) is 0 Å². The molecule has 2 aliphatic rings. The first-order valence-corrected chi connectivity index (χ1v) is 11.8. The van der Waals surface area contributed by atoms with Gasteiger partial charge in [0.2, 0.25) is 0 Å².